The highest BCUT2D eigenvalue weighted by molar-refractivity contribution is 7.11. The number of nitrogens with one attached hydrogen (secondary N) is 1. The fraction of sp³-hybridized carbons (Fsp3) is 0.471. The summed E-state index contributed by atoms with van der Waals surface area (Å²) in [5.74, 6) is 0.477. The summed E-state index contributed by atoms with van der Waals surface area (Å²) < 4.78 is 50.8. The standard InChI is InChI=1S/C17H20F3N5O2S/c1-10-26-8-17(20,9-27-10)4-13-12(11(5-21)6-24-16(18)19)7-23-14(25-13)15-22-2-3-28-15/h2-3,5-6,10,16H,4,7-9,21H2,1H3,(H,23,25). The first-order valence-electron chi connectivity index (χ1n) is 8.49. The quantitative estimate of drug-likeness (QED) is 0.550. The van der Waals surface area contributed by atoms with Crippen molar-refractivity contribution < 1.29 is 22.6 Å². The Hall–Kier alpha value is -2.24. The third-order valence-electron chi connectivity index (χ3n) is 4.17. The van der Waals surface area contributed by atoms with Crippen LogP contribution in [0.15, 0.2) is 44.6 Å². The smallest absolute Gasteiger partial charge is 0.331 e. The van der Waals surface area contributed by atoms with Crippen molar-refractivity contribution in [3.05, 3.63) is 39.6 Å². The van der Waals surface area contributed by atoms with Crippen LogP contribution in [0.2, 0.25) is 0 Å². The van der Waals surface area contributed by atoms with Gasteiger partial charge in [0.1, 0.15) is 0 Å². The van der Waals surface area contributed by atoms with E-state index in [4.69, 9.17) is 15.2 Å². The molecule has 0 spiro atoms. The van der Waals surface area contributed by atoms with Crippen molar-refractivity contribution in [1.29, 1.82) is 0 Å². The molecule has 3 heterocycles. The number of hydrogen-bond acceptors (Lipinski definition) is 8. The molecule has 0 atom stereocenters. The molecule has 0 saturated carbocycles. The largest absolute Gasteiger partial charge is 0.404 e. The summed E-state index contributed by atoms with van der Waals surface area (Å²) in [6, 6.07) is 0. The Morgan fingerprint density at radius 3 is 2.86 bits per heavy atom. The van der Waals surface area contributed by atoms with Gasteiger partial charge in [-0.1, -0.05) is 0 Å². The van der Waals surface area contributed by atoms with Crippen molar-refractivity contribution in [3.8, 4) is 0 Å². The number of ether oxygens (including phenoxy) is 2. The van der Waals surface area contributed by atoms with Crippen LogP contribution in [-0.2, 0) is 9.47 Å². The molecule has 0 amide bonds. The van der Waals surface area contributed by atoms with Crippen LogP contribution in [0.4, 0.5) is 13.2 Å². The third-order valence-corrected chi connectivity index (χ3v) is 4.94. The zero-order valence-corrected chi connectivity index (χ0v) is 15.9. The highest BCUT2D eigenvalue weighted by atomic mass is 32.1. The maximum absolute atomic E-state index is 15.3. The third kappa shape index (κ3) is 4.97. The van der Waals surface area contributed by atoms with Crippen LogP contribution in [0.25, 0.3) is 0 Å². The Morgan fingerprint density at radius 2 is 2.25 bits per heavy atom. The van der Waals surface area contributed by atoms with Crippen molar-refractivity contribution in [3.63, 3.8) is 0 Å². The zero-order valence-electron chi connectivity index (χ0n) is 15.1. The minimum absolute atomic E-state index is 0.0979. The molecule has 0 unspecified atom stereocenters. The average molecular weight is 415 g/mol. The van der Waals surface area contributed by atoms with Crippen molar-refractivity contribution in [2.24, 2.45) is 15.7 Å². The lowest BCUT2D eigenvalue weighted by atomic mass is 9.94. The zero-order chi connectivity index (χ0) is 20.1. The highest BCUT2D eigenvalue weighted by Crippen LogP contribution is 2.30. The molecule has 1 aromatic rings. The molecule has 2 aliphatic heterocycles. The van der Waals surface area contributed by atoms with Crippen LogP contribution in [0.5, 0.6) is 0 Å². The molecule has 152 valence electrons. The van der Waals surface area contributed by atoms with Crippen LogP contribution in [0, 0.1) is 0 Å². The molecule has 2 aliphatic rings. The lowest BCUT2D eigenvalue weighted by molar-refractivity contribution is -0.224. The molecule has 1 fully saturated rings. The molecular formula is C17H20F3N5O2S. The molecule has 1 saturated heterocycles. The number of alkyl halides is 3. The second kappa shape index (κ2) is 8.84. The predicted molar refractivity (Wildman–Crippen MR) is 100 cm³/mol. The van der Waals surface area contributed by atoms with Gasteiger partial charge in [-0.2, -0.15) is 8.78 Å². The SMILES string of the molecule is CC1OCC(F)(CC2=C(C(C=NC(F)F)=CN)CN=C(c3nccs3)N2)CO1. The van der Waals surface area contributed by atoms with Crippen LogP contribution in [0.3, 0.4) is 0 Å². The first-order valence-corrected chi connectivity index (χ1v) is 9.37. The number of rotatable bonds is 6. The van der Waals surface area contributed by atoms with Gasteiger partial charge < -0.3 is 20.5 Å². The second-order valence-corrected chi connectivity index (χ2v) is 7.17. The minimum atomic E-state index is -2.88. The molecule has 7 nitrogen and oxygen atoms in total. The number of amidine groups is 1. The van der Waals surface area contributed by atoms with Crippen molar-refractivity contribution in [2.75, 3.05) is 19.8 Å². The number of allylic oxidation sites excluding steroid dienone is 1. The second-order valence-electron chi connectivity index (χ2n) is 6.28. The molecule has 0 aromatic carbocycles. The van der Waals surface area contributed by atoms with E-state index in [1.54, 1.807) is 18.5 Å². The van der Waals surface area contributed by atoms with E-state index in [-0.39, 0.29) is 31.8 Å². The fourth-order valence-electron chi connectivity index (χ4n) is 2.79. The molecule has 0 aliphatic carbocycles. The Morgan fingerprint density at radius 1 is 1.50 bits per heavy atom. The van der Waals surface area contributed by atoms with Gasteiger partial charge in [-0.3, -0.25) is 4.99 Å². The molecule has 1 aromatic heterocycles. The summed E-state index contributed by atoms with van der Waals surface area (Å²) in [4.78, 5) is 11.7. The lowest BCUT2D eigenvalue weighted by Gasteiger charge is -2.34. The monoisotopic (exact) mass is 415 g/mol. The molecule has 3 rings (SSSR count). The summed E-state index contributed by atoms with van der Waals surface area (Å²) in [5, 5.41) is 5.50. The normalized spacial score (nSPS) is 26.7. The van der Waals surface area contributed by atoms with Gasteiger partial charge in [0.25, 0.3) is 0 Å². The number of halogens is 3. The molecule has 11 heteroatoms. The van der Waals surface area contributed by atoms with Crippen molar-refractivity contribution in [2.45, 2.75) is 31.9 Å². The van der Waals surface area contributed by atoms with E-state index in [9.17, 15) is 8.78 Å². The van der Waals surface area contributed by atoms with E-state index >= 15 is 4.39 Å². The van der Waals surface area contributed by atoms with Gasteiger partial charge in [-0.25, -0.2) is 14.4 Å². The Bertz CT molecular complexity index is 800. The number of aromatic nitrogens is 1. The maximum atomic E-state index is 15.3. The van der Waals surface area contributed by atoms with Gasteiger partial charge >= 0.3 is 6.55 Å². The summed E-state index contributed by atoms with van der Waals surface area (Å²) in [7, 11) is 0. The van der Waals surface area contributed by atoms with Crippen LogP contribution < -0.4 is 11.1 Å². The summed E-state index contributed by atoms with van der Waals surface area (Å²) >= 11 is 1.37. The van der Waals surface area contributed by atoms with Crippen molar-refractivity contribution in [1.82, 2.24) is 10.3 Å². The molecular weight excluding hydrogens is 395 g/mol. The maximum Gasteiger partial charge on any atom is 0.331 e. The number of nitrogens with zero attached hydrogens (tertiary/aromatic N) is 3. The number of hydrogen-bond donors (Lipinski definition) is 2. The molecule has 0 radical (unpaired) electrons. The van der Waals surface area contributed by atoms with E-state index in [1.807, 2.05) is 0 Å². The summed E-state index contributed by atoms with van der Waals surface area (Å²) in [6.45, 7) is -1.37. The van der Waals surface area contributed by atoms with Crippen molar-refractivity contribution >= 4 is 23.4 Å². The number of thiazole rings is 1. The van der Waals surface area contributed by atoms with Gasteiger partial charge in [0.15, 0.2) is 22.8 Å². The number of nitrogens with two attached hydrogens (primary N) is 1. The lowest BCUT2D eigenvalue weighted by Crippen LogP contribution is -2.45. The van der Waals surface area contributed by atoms with E-state index in [2.05, 4.69) is 20.3 Å². The average Bonchev–Trinajstić information content (AvgIpc) is 3.20. The topological polar surface area (TPSA) is 94.1 Å². The highest BCUT2D eigenvalue weighted by Gasteiger charge is 2.38. The molecule has 3 N–H and O–H groups in total. The molecule has 0 bridgehead atoms. The van der Waals surface area contributed by atoms with E-state index in [1.165, 1.54) is 11.3 Å². The van der Waals surface area contributed by atoms with Crippen LogP contribution in [-0.4, -0.2) is 55.3 Å². The van der Waals surface area contributed by atoms with Gasteiger partial charge in [-0.15, -0.1) is 11.3 Å². The fourth-order valence-corrected chi connectivity index (χ4v) is 3.39. The van der Waals surface area contributed by atoms with Gasteiger partial charge in [0, 0.05) is 47.3 Å². The van der Waals surface area contributed by atoms with E-state index in [0.717, 1.165) is 12.4 Å². The first kappa shape index (κ1) is 20.5. The molecule has 28 heavy (non-hydrogen) atoms. The van der Waals surface area contributed by atoms with Gasteiger partial charge in [0.05, 0.1) is 19.8 Å². The number of aliphatic imine (C=N–C) groups is 2. The Balaban J connectivity index is 1.89. The first-order chi connectivity index (χ1) is 13.4. The van der Waals surface area contributed by atoms with Crippen LogP contribution >= 0.6 is 11.3 Å². The predicted octanol–water partition coefficient (Wildman–Crippen LogP) is 2.37. The Kier molecular flexibility index (Phi) is 6.47. The Labute approximate surface area is 163 Å². The van der Waals surface area contributed by atoms with Gasteiger partial charge in [-0.05, 0) is 6.92 Å². The minimum Gasteiger partial charge on any atom is -0.404 e. The van der Waals surface area contributed by atoms with Gasteiger partial charge in [0.2, 0.25) is 0 Å². The van der Waals surface area contributed by atoms with Crippen LogP contribution in [0.1, 0.15) is 18.4 Å². The summed E-state index contributed by atoms with van der Waals surface area (Å²) in [5.41, 5.74) is 4.97. The summed E-state index contributed by atoms with van der Waals surface area (Å²) in [6.07, 6.45) is 3.16. The van der Waals surface area contributed by atoms with E-state index < -0.39 is 18.5 Å². The van der Waals surface area contributed by atoms with E-state index in [0.29, 0.717) is 22.1 Å².